The van der Waals surface area contributed by atoms with E-state index < -0.39 is 0 Å². The molecule has 0 N–H and O–H groups in total. The summed E-state index contributed by atoms with van der Waals surface area (Å²) in [5.41, 5.74) is 1.05. The molecule has 0 spiro atoms. The van der Waals surface area contributed by atoms with Crippen LogP contribution in [0.4, 0.5) is 0 Å². The predicted molar refractivity (Wildman–Crippen MR) is 75.7 cm³/mol. The third kappa shape index (κ3) is 3.82. The van der Waals surface area contributed by atoms with Gasteiger partial charge in [-0.2, -0.15) is 0 Å². The van der Waals surface area contributed by atoms with Crippen LogP contribution >= 0.6 is 0 Å². The molecule has 0 aromatic carbocycles. The normalized spacial score (nSPS) is 20.3. The third-order valence-corrected chi connectivity index (χ3v) is 3.88. The maximum Gasteiger partial charge on any atom is 0.225 e. The molecule has 1 aliphatic rings. The van der Waals surface area contributed by atoms with Gasteiger partial charge in [-0.1, -0.05) is 13.8 Å². The van der Waals surface area contributed by atoms with Crippen LogP contribution in [0.2, 0.25) is 0 Å². The maximum absolute atomic E-state index is 12.0. The topological polar surface area (TPSA) is 38.1 Å². The molecule has 0 radical (unpaired) electrons. The summed E-state index contributed by atoms with van der Waals surface area (Å²) in [6.07, 6.45) is 8.07. The second-order valence-corrected chi connectivity index (χ2v) is 6.09. The van der Waals surface area contributed by atoms with E-state index >= 15 is 0 Å². The lowest BCUT2D eigenvalue weighted by atomic mass is 9.93. The van der Waals surface area contributed by atoms with Gasteiger partial charge in [0.2, 0.25) is 5.91 Å². The molecule has 4 nitrogen and oxygen atoms in total. The Balaban J connectivity index is 1.90. The Labute approximate surface area is 115 Å². The summed E-state index contributed by atoms with van der Waals surface area (Å²) >= 11 is 0. The van der Waals surface area contributed by atoms with E-state index in [4.69, 9.17) is 0 Å². The Morgan fingerprint density at radius 3 is 3.00 bits per heavy atom. The number of imidazole rings is 1. The molecule has 0 bridgehead atoms. The lowest BCUT2D eigenvalue weighted by molar-refractivity contribution is -0.136. The first-order valence-electron chi connectivity index (χ1n) is 7.32. The molecule has 1 aromatic heterocycles. The summed E-state index contributed by atoms with van der Waals surface area (Å²) in [6.45, 7) is 6.38. The Hall–Kier alpha value is -1.32. The van der Waals surface area contributed by atoms with Crippen LogP contribution in [0, 0.1) is 11.8 Å². The summed E-state index contributed by atoms with van der Waals surface area (Å²) in [6, 6.07) is 0. The number of aryl methyl sites for hydroxylation is 1. The van der Waals surface area contributed by atoms with Crippen molar-refractivity contribution in [2.75, 3.05) is 13.6 Å². The first-order chi connectivity index (χ1) is 9.06. The van der Waals surface area contributed by atoms with Gasteiger partial charge in [0, 0.05) is 38.7 Å². The molecule has 1 aromatic rings. The minimum Gasteiger partial charge on any atom is -0.346 e. The number of hydrogen-bond acceptors (Lipinski definition) is 2. The highest BCUT2D eigenvalue weighted by Crippen LogP contribution is 2.20. The van der Waals surface area contributed by atoms with Gasteiger partial charge < -0.3 is 9.47 Å². The molecule has 1 saturated heterocycles. The lowest BCUT2D eigenvalue weighted by Crippen LogP contribution is -2.39. The number of carbonyl (C=O) groups excluding carboxylic acids is 1. The van der Waals surface area contributed by atoms with Gasteiger partial charge in [-0.05, 0) is 25.2 Å². The highest BCUT2D eigenvalue weighted by Gasteiger charge is 2.26. The smallest absolute Gasteiger partial charge is 0.225 e. The number of carbonyl (C=O) groups is 1. The first kappa shape index (κ1) is 14.1. The predicted octanol–water partition coefficient (Wildman–Crippen LogP) is 2.34. The summed E-state index contributed by atoms with van der Waals surface area (Å²) in [5, 5.41) is 0. The fourth-order valence-electron chi connectivity index (χ4n) is 2.60. The van der Waals surface area contributed by atoms with Crippen LogP contribution in [0.15, 0.2) is 12.5 Å². The van der Waals surface area contributed by atoms with Crippen LogP contribution in [0.5, 0.6) is 0 Å². The second kappa shape index (κ2) is 6.22. The number of rotatable bonds is 5. The Kier molecular flexibility index (Phi) is 4.61. The van der Waals surface area contributed by atoms with Crippen molar-refractivity contribution < 1.29 is 4.79 Å². The van der Waals surface area contributed by atoms with Crippen LogP contribution in [0.1, 0.15) is 38.8 Å². The molecule has 1 amide bonds. The quantitative estimate of drug-likeness (QED) is 0.818. The Morgan fingerprint density at radius 1 is 1.47 bits per heavy atom. The number of aromatic nitrogens is 2. The largest absolute Gasteiger partial charge is 0.346 e. The zero-order valence-electron chi connectivity index (χ0n) is 12.3. The summed E-state index contributed by atoms with van der Waals surface area (Å²) in [7, 11) is 1.90. The molecule has 1 fully saturated rings. The van der Waals surface area contributed by atoms with E-state index in [0.717, 1.165) is 38.0 Å². The molecule has 106 valence electrons. The van der Waals surface area contributed by atoms with Crippen molar-refractivity contribution in [1.29, 1.82) is 0 Å². The molecule has 2 heterocycles. The van der Waals surface area contributed by atoms with Crippen molar-refractivity contribution in [2.45, 2.75) is 46.1 Å². The maximum atomic E-state index is 12.0. The van der Waals surface area contributed by atoms with Gasteiger partial charge >= 0.3 is 0 Å². The van der Waals surface area contributed by atoms with Crippen LogP contribution in [-0.2, 0) is 17.8 Å². The van der Waals surface area contributed by atoms with Gasteiger partial charge in [0.15, 0.2) is 0 Å². The van der Waals surface area contributed by atoms with Crippen LogP contribution in [0.3, 0.4) is 0 Å². The van der Waals surface area contributed by atoms with Gasteiger partial charge in [0.1, 0.15) is 0 Å². The van der Waals surface area contributed by atoms with Crippen molar-refractivity contribution in [3.05, 3.63) is 18.2 Å². The van der Waals surface area contributed by atoms with Crippen LogP contribution in [-0.4, -0.2) is 34.0 Å². The van der Waals surface area contributed by atoms with E-state index in [1.165, 1.54) is 6.42 Å². The Bertz CT molecular complexity index is 425. The minimum atomic E-state index is 0.132. The standard InChI is InChI=1S/C15H25N3O/c1-12(2)6-8-18-10-14(16-11-18)9-13-5-4-7-17(3)15(13)19/h10-13H,4-9H2,1-3H3. The average molecular weight is 263 g/mol. The van der Waals surface area contributed by atoms with E-state index in [2.05, 4.69) is 29.6 Å². The molecular weight excluding hydrogens is 238 g/mol. The Morgan fingerprint density at radius 2 is 2.26 bits per heavy atom. The van der Waals surface area contributed by atoms with E-state index in [1.54, 1.807) is 0 Å². The number of hydrogen-bond donors (Lipinski definition) is 0. The molecule has 1 unspecified atom stereocenters. The van der Waals surface area contributed by atoms with E-state index in [9.17, 15) is 4.79 Å². The number of likely N-dealkylation sites (tertiary alicyclic amines) is 1. The van der Waals surface area contributed by atoms with Crippen molar-refractivity contribution in [3.8, 4) is 0 Å². The van der Waals surface area contributed by atoms with Crippen molar-refractivity contribution in [2.24, 2.45) is 11.8 Å². The zero-order chi connectivity index (χ0) is 13.8. The summed E-state index contributed by atoms with van der Waals surface area (Å²) < 4.78 is 2.15. The highest BCUT2D eigenvalue weighted by atomic mass is 16.2. The van der Waals surface area contributed by atoms with Gasteiger partial charge in [0.25, 0.3) is 0 Å². The fraction of sp³-hybridized carbons (Fsp3) is 0.733. The second-order valence-electron chi connectivity index (χ2n) is 6.09. The monoisotopic (exact) mass is 263 g/mol. The van der Waals surface area contributed by atoms with E-state index in [0.29, 0.717) is 5.92 Å². The number of nitrogens with zero attached hydrogens (tertiary/aromatic N) is 3. The van der Waals surface area contributed by atoms with Crippen LogP contribution < -0.4 is 0 Å². The van der Waals surface area contributed by atoms with E-state index in [1.807, 2.05) is 18.3 Å². The zero-order valence-corrected chi connectivity index (χ0v) is 12.3. The number of piperidine rings is 1. The molecule has 1 aliphatic heterocycles. The van der Waals surface area contributed by atoms with Gasteiger partial charge in [0.05, 0.1) is 12.0 Å². The molecule has 0 saturated carbocycles. The molecular formula is C15H25N3O. The molecule has 2 rings (SSSR count). The van der Waals surface area contributed by atoms with Crippen LogP contribution in [0.25, 0.3) is 0 Å². The third-order valence-electron chi connectivity index (χ3n) is 3.88. The lowest BCUT2D eigenvalue weighted by Gasteiger charge is -2.28. The van der Waals surface area contributed by atoms with Gasteiger partial charge in [-0.15, -0.1) is 0 Å². The molecule has 19 heavy (non-hydrogen) atoms. The number of amides is 1. The first-order valence-corrected chi connectivity index (χ1v) is 7.32. The SMILES string of the molecule is CC(C)CCn1cnc(CC2CCCN(C)C2=O)c1. The summed E-state index contributed by atoms with van der Waals surface area (Å²) in [4.78, 5) is 18.3. The minimum absolute atomic E-state index is 0.132. The fourth-order valence-corrected chi connectivity index (χ4v) is 2.60. The van der Waals surface area contributed by atoms with Crippen molar-refractivity contribution >= 4 is 5.91 Å². The molecule has 1 atom stereocenters. The van der Waals surface area contributed by atoms with Gasteiger partial charge in [-0.3, -0.25) is 4.79 Å². The van der Waals surface area contributed by atoms with E-state index in [-0.39, 0.29) is 11.8 Å². The summed E-state index contributed by atoms with van der Waals surface area (Å²) in [5.74, 6) is 1.12. The molecule has 4 heteroatoms. The molecule has 0 aliphatic carbocycles. The highest BCUT2D eigenvalue weighted by molar-refractivity contribution is 5.79. The average Bonchev–Trinajstić information content (AvgIpc) is 2.80. The van der Waals surface area contributed by atoms with Crippen molar-refractivity contribution in [3.63, 3.8) is 0 Å². The van der Waals surface area contributed by atoms with Crippen molar-refractivity contribution in [1.82, 2.24) is 14.5 Å². The van der Waals surface area contributed by atoms with Gasteiger partial charge in [-0.25, -0.2) is 4.98 Å².